The van der Waals surface area contributed by atoms with Crippen LogP contribution in [0, 0.1) is 0 Å². The van der Waals surface area contributed by atoms with Gasteiger partial charge in [0, 0.05) is 16.1 Å². The van der Waals surface area contributed by atoms with Crippen LogP contribution < -0.4 is 4.74 Å². The van der Waals surface area contributed by atoms with Gasteiger partial charge in [0.25, 0.3) is 0 Å². The molecule has 134 valence electrons. The Hall–Kier alpha value is -3.12. The molecule has 0 radical (unpaired) electrons. The Bertz CT molecular complexity index is 1080. The van der Waals surface area contributed by atoms with Gasteiger partial charge in [-0.2, -0.15) is 0 Å². The Balaban J connectivity index is 1.66. The molecule has 0 saturated heterocycles. The van der Waals surface area contributed by atoms with Gasteiger partial charge in [0.15, 0.2) is 5.70 Å². The van der Waals surface area contributed by atoms with Crippen molar-refractivity contribution in [2.75, 3.05) is 7.11 Å². The zero-order valence-electron chi connectivity index (χ0n) is 14.3. The predicted octanol–water partition coefficient (Wildman–Crippen LogP) is 5.06. The summed E-state index contributed by atoms with van der Waals surface area (Å²) in [6.45, 7) is 0. The third-order valence-corrected chi connectivity index (χ3v) is 4.69. The van der Waals surface area contributed by atoms with E-state index in [4.69, 9.17) is 13.9 Å². The van der Waals surface area contributed by atoms with Crippen LogP contribution in [0.25, 0.3) is 17.4 Å². The van der Waals surface area contributed by atoms with E-state index in [2.05, 4.69) is 20.9 Å². The molecule has 5 nitrogen and oxygen atoms in total. The number of methoxy groups -OCH3 is 1. The van der Waals surface area contributed by atoms with E-state index >= 15 is 0 Å². The number of hydrogen-bond acceptors (Lipinski definition) is 5. The molecular formula is C21H14BrNO4. The normalized spacial score (nSPS) is 15.0. The number of hydrogen-bond donors (Lipinski definition) is 0. The highest BCUT2D eigenvalue weighted by Gasteiger charge is 2.26. The van der Waals surface area contributed by atoms with Gasteiger partial charge >= 0.3 is 5.97 Å². The monoisotopic (exact) mass is 423 g/mol. The molecule has 1 aromatic heterocycles. The van der Waals surface area contributed by atoms with Gasteiger partial charge in [0.1, 0.15) is 17.3 Å². The summed E-state index contributed by atoms with van der Waals surface area (Å²) in [4.78, 5) is 16.5. The van der Waals surface area contributed by atoms with Gasteiger partial charge in [-0.05, 0) is 30.3 Å². The Labute approximate surface area is 164 Å². The van der Waals surface area contributed by atoms with E-state index in [0.29, 0.717) is 22.8 Å². The standard InChI is InChI=1S/C21H14BrNO4/c1-25-18-9-5-3-7-15(18)20-23-17(21(24)27-20)12-13-10-11-19(26-13)14-6-2-4-8-16(14)22/h2-12H,1H3/b17-12-. The largest absolute Gasteiger partial charge is 0.496 e. The number of aliphatic imine (C=N–C) groups is 1. The summed E-state index contributed by atoms with van der Waals surface area (Å²) in [7, 11) is 1.55. The first kappa shape index (κ1) is 17.3. The summed E-state index contributed by atoms with van der Waals surface area (Å²) in [6, 6.07) is 18.6. The highest BCUT2D eigenvalue weighted by molar-refractivity contribution is 9.10. The van der Waals surface area contributed by atoms with Gasteiger partial charge in [-0.3, -0.25) is 0 Å². The molecule has 0 fully saturated rings. The third-order valence-electron chi connectivity index (χ3n) is 4.00. The second kappa shape index (κ2) is 7.25. The van der Waals surface area contributed by atoms with Crippen LogP contribution in [0.15, 0.2) is 80.2 Å². The van der Waals surface area contributed by atoms with E-state index in [1.807, 2.05) is 42.5 Å². The quantitative estimate of drug-likeness (QED) is 0.434. The number of rotatable bonds is 4. The van der Waals surface area contributed by atoms with Crippen LogP contribution in [0.2, 0.25) is 0 Å². The van der Waals surface area contributed by atoms with Crippen LogP contribution in [0.3, 0.4) is 0 Å². The Morgan fingerprint density at radius 1 is 1.00 bits per heavy atom. The maximum absolute atomic E-state index is 12.2. The number of benzene rings is 2. The lowest BCUT2D eigenvalue weighted by Gasteiger charge is -2.05. The zero-order valence-corrected chi connectivity index (χ0v) is 15.9. The van der Waals surface area contributed by atoms with Crippen molar-refractivity contribution in [1.82, 2.24) is 0 Å². The number of cyclic esters (lactones) is 1. The molecule has 0 bridgehead atoms. The number of nitrogens with zero attached hydrogens (tertiary/aromatic N) is 1. The van der Waals surface area contributed by atoms with Crippen molar-refractivity contribution in [3.63, 3.8) is 0 Å². The highest BCUT2D eigenvalue weighted by atomic mass is 79.9. The number of carbonyl (C=O) groups is 1. The fraction of sp³-hybridized carbons (Fsp3) is 0.0476. The molecule has 1 aliphatic rings. The molecular weight excluding hydrogens is 410 g/mol. The van der Waals surface area contributed by atoms with Crippen LogP contribution in [0.1, 0.15) is 11.3 Å². The summed E-state index contributed by atoms with van der Waals surface area (Å²) in [5.74, 6) is 1.46. The average Bonchev–Trinajstić information content (AvgIpc) is 3.29. The Morgan fingerprint density at radius 2 is 1.74 bits per heavy atom. The first-order valence-corrected chi connectivity index (χ1v) is 8.95. The van der Waals surface area contributed by atoms with E-state index in [9.17, 15) is 4.79 Å². The third kappa shape index (κ3) is 3.44. The molecule has 2 heterocycles. The van der Waals surface area contributed by atoms with Crippen molar-refractivity contribution in [3.05, 3.63) is 82.2 Å². The molecule has 0 unspecified atom stereocenters. The molecule has 4 rings (SSSR count). The van der Waals surface area contributed by atoms with E-state index in [1.165, 1.54) is 0 Å². The second-order valence-electron chi connectivity index (χ2n) is 5.72. The van der Waals surface area contributed by atoms with Gasteiger partial charge in [0.05, 0.1) is 12.7 Å². The van der Waals surface area contributed by atoms with Crippen molar-refractivity contribution in [1.29, 1.82) is 0 Å². The summed E-state index contributed by atoms with van der Waals surface area (Å²) in [5.41, 5.74) is 1.71. The molecule has 0 spiro atoms. The van der Waals surface area contributed by atoms with Crippen LogP contribution in [0.4, 0.5) is 0 Å². The van der Waals surface area contributed by atoms with Crippen molar-refractivity contribution in [3.8, 4) is 17.1 Å². The van der Waals surface area contributed by atoms with Gasteiger partial charge in [-0.25, -0.2) is 9.79 Å². The molecule has 0 amide bonds. The lowest BCUT2D eigenvalue weighted by atomic mass is 10.2. The summed E-state index contributed by atoms with van der Waals surface area (Å²) in [6.07, 6.45) is 1.56. The van der Waals surface area contributed by atoms with E-state index in [-0.39, 0.29) is 11.6 Å². The predicted molar refractivity (Wildman–Crippen MR) is 105 cm³/mol. The minimum atomic E-state index is -0.533. The van der Waals surface area contributed by atoms with Crippen LogP contribution >= 0.6 is 15.9 Å². The average molecular weight is 424 g/mol. The maximum Gasteiger partial charge on any atom is 0.363 e. The van der Waals surface area contributed by atoms with E-state index in [1.54, 1.807) is 31.4 Å². The molecule has 0 N–H and O–H groups in total. The maximum atomic E-state index is 12.2. The molecule has 2 aromatic carbocycles. The van der Waals surface area contributed by atoms with Crippen LogP contribution in [-0.2, 0) is 9.53 Å². The Kier molecular flexibility index (Phi) is 4.64. The molecule has 1 aliphatic heterocycles. The second-order valence-corrected chi connectivity index (χ2v) is 6.57. The number of esters is 1. The van der Waals surface area contributed by atoms with Crippen molar-refractivity contribution >= 4 is 33.9 Å². The smallest absolute Gasteiger partial charge is 0.363 e. The SMILES string of the molecule is COc1ccccc1C1=N/C(=C\c2ccc(-c3ccccc3Br)o2)C(=O)O1. The Morgan fingerprint density at radius 3 is 2.52 bits per heavy atom. The summed E-state index contributed by atoms with van der Waals surface area (Å²) >= 11 is 3.50. The molecule has 6 heteroatoms. The minimum absolute atomic E-state index is 0.170. The first-order valence-electron chi connectivity index (χ1n) is 8.16. The topological polar surface area (TPSA) is 61.0 Å². The number of ether oxygens (including phenoxy) is 2. The first-order chi connectivity index (χ1) is 13.2. The lowest BCUT2D eigenvalue weighted by molar-refractivity contribution is -0.129. The summed E-state index contributed by atoms with van der Waals surface area (Å²) in [5, 5.41) is 0. The van der Waals surface area contributed by atoms with E-state index < -0.39 is 5.97 Å². The number of furan rings is 1. The molecule has 27 heavy (non-hydrogen) atoms. The fourth-order valence-electron chi connectivity index (χ4n) is 2.72. The fourth-order valence-corrected chi connectivity index (χ4v) is 3.20. The molecule has 0 aliphatic carbocycles. The van der Waals surface area contributed by atoms with Crippen molar-refractivity contribution in [2.45, 2.75) is 0 Å². The van der Waals surface area contributed by atoms with Crippen molar-refractivity contribution in [2.24, 2.45) is 4.99 Å². The van der Waals surface area contributed by atoms with Crippen molar-refractivity contribution < 1.29 is 18.7 Å². The number of halogens is 1. The lowest BCUT2D eigenvalue weighted by Crippen LogP contribution is -2.06. The molecule has 0 saturated carbocycles. The molecule has 3 aromatic rings. The van der Waals surface area contributed by atoms with Crippen LogP contribution in [-0.4, -0.2) is 19.0 Å². The van der Waals surface area contributed by atoms with E-state index in [0.717, 1.165) is 10.0 Å². The number of para-hydroxylation sites is 1. The van der Waals surface area contributed by atoms with Gasteiger partial charge in [0.2, 0.25) is 5.90 Å². The van der Waals surface area contributed by atoms with Gasteiger partial charge in [-0.1, -0.05) is 46.3 Å². The zero-order chi connectivity index (χ0) is 18.8. The minimum Gasteiger partial charge on any atom is -0.496 e. The van der Waals surface area contributed by atoms with Gasteiger partial charge in [-0.15, -0.1) is 0 Å². The summed E-state index contributed by atoms with van der Waals surface area (Å²) < 4.78 is 17.4. The highest BCUT2D eigenvalue weighted by Crippen LogP contribution is 2.31. The number of carbonyl (C=O) groups excluding carboxylic acids is 1. The van der Waals surface area contributed by atoms with Gasteiger partial charge < -0.3 is 13.9 Å². The molecule has 0 atom stereocenters. The van der Waals surface area contributed by atoms with Crippen LogP contribution in [0.5, 0.6) is 5.75 Å².